The van der Waals surface area contributed by atoms with E-state index >= 15 is 0 Å². The number of H-pyrrole nitrogens is 1. The van der Waals surface area contributed by atoms with Crippen LogP contribution in [0.4, 0.5) is 19.0 Å². The van der Waals surface area contributed by atoms with Crippen LogP contribution in [0.1, 0.15) is 5.56 Å². The molecule has 0 atom stereocenters. The van der Waals surface area contributed by atoms with Crippen molar-refractivity contribution >= 4 is 11.7 Å². The number of carbonyl (C=O) groups is 1. The minimum absolute atomic E-state index is 0.0395. The summed E-state index contributed by atoms with van der Waals surface area (Å²) in [5.74, 6) is -2.05. The summed E-state index contributed by atoms with van der Waals surface area (Å²) < 4.78 is 35.2. The van der Waals surface area contributed by atoms with Crippen LogP contribution in [-0.4, -0.2) is 22.3 Å². The van der Waals surface area contributed by atoms with E-state index in [4.69, 9.17) is 0 Å². The van der Waals surface area contributed by atoms with Gasteiger partial charge >= 0.3 is 12.1 Å². The topological polar surface area (TPSA) is 57.8 Å². The lowest BCUT2D eigenvalue weighted by atomic mass is 10.4. The Bertz CT molecular complexity index is 317. The van der Waals surface area contributed by atoms with E-state index in [0.29, 0.717) is 5.56 Å². The fourth-order valence-electron chi connectivity index (χ4n) is 0.657. The van der Waals surface area contributed by atoms with Crippen LogP contribution in [0.25, 0.3) is 0 Å². The Hall–Kier alpha value is -1.53. The van der Waals surface area contributed by atoms with E-state index < -0.39 is 12.1 Å². The van der Waals surface area contributed by atoms with Crippen LogP contribution < -0.4 is 5.32 Å². The van der Waals surface area contributed by atoms with Gasteiger partial charge in [-0.25, -0.2) is 0 Å². The highest BCUT2D eigenvalue weighted by Gasteiger charge is 2.39. The highest BCUT2D eigenvalue weighted by atomic mass is 19.4. The van der Waals surface area contributed by atoms with Gasteiger partial charge in [-0.3, -0.25) is 9.89 Å². The molecule has 0 aliphatic rings. The van der Waals surface area contributed by atoms with Gasteiger partial charge in [-0.15, -0.1) is 0 Å². The van der Waals surface area contributed by atoms with Gasteiger partial charge in [0.25, 0.3) is 0 Å². The smallest absolute Gasteiger partial charge is 0.303 e. The fraction of sp³-hybridized carbons (Fsp3) is 0.333. The van der Waals surface area contributed by atoms with E-state index in [-0.39, 0.29) is 5.82 Å². The standard InChI is InChI=1S/C6H6F3N3O/c1-3-2-10-12-4(3)11-5(13)6(7,8)9/h2H,1H3,(H2,10,11,12,13). The molecule has 2 N–H and O–H groups in total. The second-order valence-electron chi connectivity index (χ2n) is 2.38. The molecule has 0 fully saturated rings. The molecule has 0 radical (unpaired) electrons. The van der Waals surface area contributed by atoms with Crippen LogP contribution in [0.15, 0.2) is 6.20 Å². The molecule has 0 spiro atoms. The van der Waals surface area contributed by atoms with E-state index in [1.54, 1.807) is 5.32 Å². The van der Waals surface area contributed by atoms with Crippen molar-refractivity contribution in [3.8, 4) is 0 Å². The number of carbonyl (C=O) groups excluding carboxylic acids is 1. The van der Waals surface area contributed by atoms with Crippen LogP contribution >= 0.6 is 0 Å². The van der Waals surface area contributed by atoms with Crippen molar-refractivity contribution in [3.63, 3.8) is 0 Å². The molecule has 13 heavy (non-hydrogen) atoms. The molecule has 0 saturated carbocycles. The molecular weight excluding hydrogens is 187 g/mol. The van der Waals surface area contributed by atoms with Gasteiger partial charge in [0, 0.05) is 5.56 Å². The monoisotopic (exact) mass is 193 g/mol. The molecule has 0 bridgehead atoms. The Labute approximate surface area is 71.1 Å². The van der Waals surface area contributed by atoms with Crippen LogP contribution in [0.3, 0.4) is 0 Å². The Morgan fingerprint density at radius 1 is 1.62 bits per heavy atom. The van der Waals surface area contributed by atoms with Gasteiger partial charge in [0.1, 0.15) is 5.82 Å². The first-order valence-electron chi connectivity index (χ1n) is 3.29. The van der Waals surface area contributed by atoms with Gasteiger partial charge in [0.05, 0.1) is 6.20 Å². The van der Waals surface area contributed by atoms with Gasteiger partial charge in [-0.05, 0) is 6.92 Å². The van der Waals surface area contributed by atoms with Crippen molar-refractivity contribution in [2.75, 3.05) is 5.32 Å². The normalized spacial score (nSPS) is 11.4. The number of nitrogens with zero attached hydrogens (tertiary/aromatic N) is 1. The van der Waals surface area contributed by atoms with Crippen LogP contribution in [-0.2, 0) is 4.79 Å². The Morgan fingerprint density at radius 2 is 2.23 bits per heavy atom. The third kappa shape index (κ3) is 2.20. The number of aromatic nitrogens is 2. The molecule has 0 aliphatic carbocycles. The highest BCUT2D eigenvalue weighted by Crippen LogP contribution is 2.18. The van der Waals surface area contributed by atoms with Gasteiger partial charge < -0.3 is 5.32 Å². The quantitative estimate of drug-likeness (QED) is 0.704. The zero-order valence-corrected chi connectivity index (χ0v) is 6.57. The number of nitrogens with one attached hydrogen (secondary N) is 2. The lowest BCUT2D eigenvalue weighted by Gasteiger charge is -2.05. The number of amides is 1. The lowest BCUT2D eigenvalue weighted by molar-refractivity contribution is -0.167. The minimum Gasteiger partial charge on any atom is -0.303 e. The van der Waals surface area contributed by atoms with Gasteiger partial charge in [0.15, 0.2) is 0 Å². The molecule has 4 nitrogen and oxygen atoms in total. The molecule has 1 amide bonds. The zero-order valence-electron chi connectivity index (χ0n) is 6.57. The molecule has 1 aromatic heterocycles. The van der Waals surface area contributed by atoms with E-state index in [9.17, 15) is 18.0 Å². The third-order valence-corrected chi connectivity index (χ3v) is 1.32. The molecule has 72 valence electrons. The minimum atomic E-state index is -4.88. The highest BCUT2D eigenvalue weighted by molar-refractivity contribution is 5.94. The predicted molar refractivity (Wildman–Crippen MR) is 38.0 cm³/mol. The molecule has 1 rings (SSSR count). The first-order chi connectivity index (χ1) is 5.91. The average Bonchev–Trinajstić information content (AvgIpc) is 2.34. The van der Waals surface area contributed by atoms with E-state index in [1.165, 1.54) is 13.1 Å². The SMILES string of the molecule is Cc1cn[nH]c1NC(=O)C(F)(F)F. The third-order valence-electron chi connectivity index (χ3n) is 1.32. The molecule has 0 unspecified atom stereocenters. The molecule has 0 saturated heterocycles. The molecular formula is C6H6F3N3O. The van der Waals surface area contributed by atoms with Crippen molar-refractivity contribution in [1.29, 1.82) is 0 Å². The molecule has 1 aromatic rings. The lowest BCUT2D eigenvalue weighted by Crippen LogP contribution is -2.30. The summed E-state index contributed by atoms with van der Waals surface area (Å²) in [4.78, 5) is 10.4. The second kappa shape index (κ2) is 3.08. The van der Waals surface area contributed by atoms with Crippen molar-refractivity contribution in [1.82, 2.24) is 10.2 Å². The van der Waals surface area contributed by atoms with Crippen molar-refractivity contribution in [2.45, 2.75) is 13.1 Å². The number of halogens is 3. The van der Waals surface area contributed by atoms with Crippen molar-refractivity contribution < 1.29 is 18.0 Å². The Balaban J connectivity index is 2.71. The van der Waals surface area contributed by atoms with E-state index in [2.05, 4.69) is 10.2 Å². The maximum Gasteiger partial charge on any atom is 0.471 e. The summed E-state index contributed by atoms with van der Waals surface area (Å²) in [5.41, 5.74) is 0.442. The molecule has 0 aliphatic heterocycles. The van der Waals surface area contributed by atoms with Crippen LogP contribution in [0.5, 0.6) is 0 Å². The van der Waals surface area contributed by atoms with E-state index in [1.807, 2.05) is 0 Å². The number of anilines is 1. The number of aryl methyl sites for hydroxylation is 1. The first kappa shape index (κ1) is 9.56. The number of hydrogen-bond donors (Lipinski definition) is 2. The first-order valence-corrected chi connectivity index (χ1v) is 3.29. The number of rotatable bonds is 1. The van der Waals surface area contributed by atoms with Crippen LogP contribution in [0, 0.1) is 6.92 Å². The summed E-state index contributed by atoms with van der Waals surface area (Å²) in [6.07, 6.45) is -3.57. The number of hydrogen-bond acceptors (Lipinski definition) is 2. The zero-order chi connectivity index (χ0) is 10.1. The number of alkyl halides is 3. The molecule has 7 heteroatoms. The van der Waals surface area contributed by atoms with Gasteiger partial charge in [-0.1, -0.05) is 0 Å². The molecule has 0 aromatic carbocycles. The maximum absolute atomic E-state index is 11.7. The fourth-order valence-corrected chi connectivity index (χ4v) is 0.657. The summed E-state index contributed by atoms with van der Waals surface area (Å²) in [7, 11) is 0. The van der Waals surface area contributed by atoms with Gasteiger partial charge in [0.2, 0.25) is 0 Å². The Morgan fingerprint density at radius 3 is 2.62 bits per heavy atom. The summed E-state index contributed by atoms with van der Waals surface area (Å²) in [6, 6.07) is 0. The summed E-state index contributed by atoms with van der Waals surface area (Å²) in [5, 5.41) is 7.32. The average molecular weight is 193 g/mol. The van der Waals surface area contributed by atoms with E-state index in [0.717, 1.165) is 0 Å². The summed E-state index contributed by atoms with van der Waals surface area (Å²) in [6.45, 7) is 1.52. The maximum atomic E-state index is 11.7. The second-order valence-corrected chi connectivity index (χ2v) is 2.38. The van der Waals surface area contributed by atoms with Gasteiger partial charge in [-0.2, -0.15) is 18.3 Å². The van der Waals surface area contributed by atoms with Crippen molar-refractivity contribution in [2.24, 2.45) is 0 Å². The predicted octanol–water partition coefficient (Wildman–Crippen LogP) is 1.22. The Kier molecular flexibility index (Phi) is 2.26. The largest absolute Gasteiger partial charge is 0.471 e. The molecule has 1 heterocycles. The summed E-state index contributed by atoms with van der Waals surface area (Å²) >= 11 is 0. The van der Waals surface area contributed by atoms with Crippen LogP contribution in [0.2, 0.25) is 0 Å². The number of aromatic amines is 1. The van der Waals surface area contributed by atoms with Crippen molar-refractivity contribution in [3.05, 3.63) is 11.8 Å².